The second kappa shape index (κ2) is 7.47. The molecule has 0 amide bonds. The fourth-order valence-corrected chi connectivity index (χ4v) is 2.94. The van der Waals surface area contributed by atoms with E-state index in [0.29, 0.717) is 10.9 Å². The van der Waals surface area contributed by atoms with Crippen molar-refractivity contribution in [1.82, 2.24) is 5.32 Å². The van der Waals surface area contributed by atoms with Gasteiger partial charge in [-0.3, -0.25) is 0 Å². The Balaban J connectivity index is 3.02. The van der Waals surface area contributed by atoms with Crippen LogP contribution in [0.25, 0.3) is 0 Å². The van der Waals surface area contributed by atoms with E-state index in [0.717, 1.165) is 18.5 Å². The molecule has 1 aromatic rings. The first-order valence-electron chi connectivity index (χ1n) is 6.76. The van der Waals surface area contributed by atoms with Gasteiger partial charge in [-0.05, 0) is 42.5 Å². The van der Waals surface area contributed by atoms with Crippen molar-refractivity contribution in [3.05, 3.63) is 33.6 Å². The van der Waals surface area contributed by atoms with Crippen molar-refractivity contribution in [1.29, 1.82) is 0 Å². The van der Waals surface area contributed by atoms with Gasteiger partial charge in [-0.15, -0.1) is 0 Å². The van der Waals surface area contributed by atoms with E-state index in [-0.39, 0.29) is 17.0 Å². The predicted molar refractivity (Wildman–Crippen MR) is 81.8 cm³/mol. The van der Waals surface area contributed by atoms with Gasteiger partial charge in [-0.2, -0.15) is 0 Å². The highest BCUT2D eigenvalue weighted by atomic mass is 35.5. The number of benzene rings is 1. The second-order valence-corrected chi connectivity index (χ2v) is 6.11. The molecule has 0 saturated heterocycles. The quantitative estimate of drug-likeness (QED) is 0.707. The molecule has 0 spiro atoms. The van der Waals surface area contributed by atoms with Gasteiger partial charge in [0.2, 0.25) is 0 Å². The summed E-state index contributed by atoms with van der Waals surface area (Å²) in [6.07, 6.45) is 1.07. The molecule has 1 nitrogen and oxygen atoms in total. The maximum absolute atomic E-state index is 13.6. The first-order chi connectivity index (χ1) is 8.88. The molecule has 1 N–H and O–H groups in total. The van der Waals surface area contributed by atoms with E-state index >= 15 is 0 Å². The maximum atomic E-state index is 13.6. The molecule has 1 rings (SSSR count). The van der Waals surface area contributed by atoms with E-state index in [1.54, 1.807) is 0 Å². The number of hydrogen-bond donors (Lipinski definition) is 1. The smallest absolute Gasteiger partial charge is 0.142 e. The molecule has 108 valence electrons. The Morgan fingerprint density at radius 3 is 2.32 bits per heavy atom. The van der Waals surface area contributed by atoms with Crippen molar-refractivity contribution in [3.8, 4) is 0 Å². The summed E-state index contributed by atoms with van der Waals surface area (Å²) in [4.78, 5) is 0. The summed E-state index contributed by atoms with van der Waals surface area (Å²) < 4.78 is 13.6. The van der Waals surface area contributed by atoms with Gasteiger partial charge >= 0.3 is 0 Å². The van der Waals surface area contributed by atoms with Crippen molar-refractivity contribution in [3.63, 3.8) is 0 Å². The molecule has 2 atom stereocenters. The van der Waals surface area contributed by atoms with Gasteiger partial charge in [0.15, 0.2) is 0 Å². The molecule has 2 unspecified atom stereocenters. The van der Waals surface area contributed by atoms with Crippen LogP contribution >= 0.6 is 23.2 Å². The van der Waals surface area contributed by atoms with Crippen molar-refractivity contribution in [2.45, 2.75) is 46.1 Å². The van der Waals surface area contributed by atoms with Gasteiger partial charge in [0, 0.05) is 11.1 Å². The first kappa shape index (κ1) is 16.7. The van der Waals surface area contributed by atoms with Gasteiger partial charge in [-0.25, -0.2) is 4.39 Å². The van der Waals surface area contributed by atoms with E-state index in [4.69, 9.17) is 23.2 Å². The molecule has 0 radical (unpaired) electrons. The lowest BCUT2D eigenvalue weighted by atomic mass is 9.86. The zero-order valence-corrected chi connectivity index (χ0v) is 13.4. The van der Waals surface area contributed by atoms with Gasteiger partial charge in [-0.1, -0.05) is 50.9 Å². The van der Waals surface area contributed by atoms with E-state index < -0.39 is 5.82 Å². The van der Waals surface area contributed by atoms with E-state index in [2.05, 4.69) is 33.0 Å². The Hall–Kier alpha value is -0.310. The molecule has 0 saturated carbocycles. The van der Waals surface area contributed by atoms with Crippen molar-refractivity contribution < 1.29 is 4.39 Å². The zero-order chi connectivity index (χ0) is 14.6. The summed E-state index contributed by atoms with van der Waals surface area (Å²) in [6.45, 7) is 9.46. The number of halogens is 3. The predicted octanol–water partition coefficient (Wildman–Crippen LogP) is 5.26. The number of rotatable bonds is 6. The second-order valence-electron chi connectivity index (χ2n) is 5.30. The fraction of sp³-hybridized carbons (Fsp3) is 0.600. The lowest BCUT2D eigenvalue weighted by Gasteiger charge is -2.29. The molecular formula is C15H22Cl2FN. The fourth-order valence-electron chi connectivity index (χ4n) is 2.38. The Kier molecular flexibility index (Phi) is 6.58. The molecule has 0 aliphatic carbocycles. The van der Waals surface area contributed by atoms with Gasteiger partial charge in [0.05, 0.1) is 5.02 Å². The maximum Gasteiger partial charge on any atom is 0.142 e. The van der Waals surface area contributed by atoms with Crippen LogP contribution in [0.1, 0.15) is 45.6 Å². The Morgan fingerprint density at radius 1 is 1.16 bits per heavy atom. The highest BCUT2D eigenvalue weighted by molar-refractivity contribution is 6.35. The Morgan fingerprint density at radius 2 is 1.79 bits per heavy atom. The molecule has 1 aromatic carbocycles. The molecule has 0 aliphatic heterocycles. The lowest BCUT2D eigenvalue weighted by molar-refractivity contribution is 0.353. The van der Waals surface area contributed by atoms with Gasteiger partial charge in [0.25, 0.3) is 0 Å². The van der Waals surface area contributed by atoms with Crippen LogP contribution in [-0.4, -0.2) is 12.6 Å². The van der Waals surface area contributed by atoms with E-state index in [1.165, 1.54) is 12.1 Å². The van der Waals surface area contributed by atoms with Crippen molar-refractivity contribution in [2.75, 3.05) is 6.54 Å². The van der Waals surface area contributed by atoms with Crippen LogP contribution in [0.15, 0.2) is 12.1 Å². The van der Waals surface area contributed by atoms with Gasteiger partial charge < -0.3 is 5.32 Å². The molecule has 0 fully saturated rings. The van der Waals surface area contributed by atoms with Crippen LogP contribution in [0.2, 0.25) is 10.0 Å². The third-order valence-corrected chi connectivity index (χ3v) is 4.03. The summed E-state index contributed by atoms with van der Waals surface area (Å²) in [5.74, 6) is 0.160. The lowest BCUT2D eigenvalue weighted by Crippen LogP contribution is -2.38. The van der Waals surface area contributed by atoms with E-state index in [9.17, 15) is 4.39 Å². The average Bonchev–Trinajstić information content (AvgIpc) is 2.33. The summed E-state index contributed by atoms with van der Waals surface area (Å²) in [6, 6.07) is 3.21. The summed E-state index contributed by atoms with van der Waals surface area (Å²) in [7, 11) is 0. The van der Waals surface area contributed by atoms with Gasteiger partial charge in [0.1, 0.15) is 5.82 Å². The molecule has 0 aliphatic rings. The molecule has 0 bridgehead atoms. The minimum atomic E-state index is -0.411. The number of nitrogens with one attached hydrogen (secondary N) is 1. The topological polar surface area (TPSA) is 12.0 Å². The zero-order valence-electron chi connectivity index (χ0n) is 11.9. The van der Waals surface area contributed by atoms with Crippen LogP contribution in [-0.2, 0) is 0 Å². The standard InChI is InChI=1S/C15H22Cl2FN/c1-5-6-19-15(9(2)3)10(4)11-7-14(18)13(17)8-12(11)16/h7-10,15,19H,5-6H2,1-4H3. The van der Waals surface area contributed by atoms with Crippen molar-refractivity contribution >= 4 is 23.2 Å². The molecule has 4 heteroatoms. The summed E-state index contributed by atoms with van der Waals surface area (Å²) in [5, 5.41) is 4.12. The third-order valence-electron chi connectivity index (χ3n) is 3.42. The minimum Gasteiger partial charge on any atom is -0.313 e. The highest BCUT2D eigenvalue weighted by Crippen LogP contribution is 2.33. The average molecular weight is 306 g/mol. The van der Waals surface area contributed by atoms with Crippen LogP contribution in [0.4, 0.5) is 4.39 Å². The summed E-state index contributed by atoms with van der Waals surface area (Å²) >= 11 is 11.9. The number of hydrogen-bond acceptors (Lipinski definition) is 1. The third kappa shape index (κ3) is 4.34. The van der Waals surface area contributed by atoms with Crippen LogP contribution < -0.4 is 5.32 Å². The molecule has 0 heterocycles. The monoisotopic (exact) mass is 305 g/mol. The Labute approximate surface area is 125 Å². The van der Waals surface area contributed by atoms with E-state index in [1.807, 2.05) is 0 Å². The first-order valence-corrected chi connectivity index (χ1v) is 7.51. The van der Waals surface area contributed by atoms with Crippen LogP contribution in [0.3, 0.4) is 0 Å². The summed E-state index contributed by atoms with van der Waals surface area (Å²) in [5.41, 5.74) is 0.811. The molecular weight excluding hydrogens is 284 g/mol. The van der Waals surface area contributed by atoms with Crippen molar-refractivity contribution in [2.24, 2.45) is 5.92 Å². The SMILES string of the molecule is CCCNC(C(C)C)C(C)c1cc(F)c(Cl)cc1Cl. The minimum absolute atomic E-state index is 0.0727. The normalized spacial score (nSPS) is 14.7. The van der Waals surface area contributed by atoms with Crippen LogP contribution in [0, 0.1) is 11.7 Å². The molecule has 19 heavy (non-hydrogen) atoms. The Bertz CT molecular complexity index is 421. The largest absolute Gasteiger partial charge is 0.313 e. The highest BCUT2D eigenvalue weighted by Gasteiger charge is 2.24. The molecule has 0 aromatic heterocycles. The van der Waals surface area contributed by atoms with Crippen LogP contribution in [0.5, 0.6) is 0 Å².